The second kappa shape index (κ2) is 4.00. The number of aromatic nitrogens is 2. The molecular weight excluding hydrogens is 190 g/mol. The Morgan fingerprint density at radius 1 is 1.69 bits per heavy atom. The monoisotopic (exact) mass is 197 g/mol. The number of ketones is 1. The van der Waals surface area contributed by atoms with Gasteiger partial charge in [-0.15, -0.1) is 0 Å². The van der Waals surface area contributed by atoms with E-state index in [4.69, 9.17) is 17.3 Å². The summed E-state index contributed by atoms with van der Waals surface area (Å²) in [6.07, 6.45) is 4.40. The molecule has 0 aliphatic carbocycles. The molecule has 1 heterocycles. The standard InChI is InChI=1S/C8H8ClN3O/c1-5(13)2-3-6-4-11-8(9)12-7(6)10/h2-4H,1H3,(H2,10,11,12). The Kier molecular flexibility index (Phi) is 2.97. The Bertz CT molecular complexity index is 362. The lowest BCUT2D eigenvalue weighted by atomic mass is 10.2. The number of halogens is 1. The Hall–Kier alpha value is -1.42. The highest BCUT2D eigenvalue weighted by Crippen LogP contribution is 2.11. The highest BCUT2D eigenvalue weighted by atomic mass is 35.5. The van der Waals surface area contributed by atoms with Gasteiger partial charge < -0.3 is 5.73 Å². The molecule has 0 bridgehead atoms. The summed E-state index contributed by atoms with van der Waals surface area (Å²) < 4.78 is 0. The first-order valence-electron chi connectivity index (χ1n) is 3.56. The molecule has 0 saturated heterocycles. The van der Waals surface area contributed by atoms with Crippen LogP contribution in [0.3, 0.4) is 0 Å². The quantitative estimate of drug-likeness (QED) is 0.574. The number of hydrogen-bond acceptors (Lipinski definition) is 4. The summed E-state index contributed by atoms with van der Waals surface area (Å²) in [7, 11) is 0. The van der Waals surface area contributed by atoms with Crippen molar-refractivity contribution < 1.29 is 4.79 Å². The number of hydrogen-bond donors (Lipinski definition) is 1. The summed E-state index contributed by atoms with van der Waals surface area (Å²) in [5.41, 5.74) is 6.09. The van der Waals surface area contributed by atoms with Gasteiger partial charge in [0.1, 0.15) is 5.82 Å². The molecule has 1 aromatic heterocycles. The zero-order valence-corrected chi connectivity index (χ0v) is 7.75. The Morgan fingerprint density at radius 3 is 2.92 bits per heavy atom. The van der Waals surface area contributed by atoms with Gasteiger partial charge in [-0.05, 0) is 30.7 Å². The molecule has 2 N–H and O–H groups in total. The number of carbonyl (C=O) groups is 1. The summed E-state index contributed by atoms with van der Waals surface area (Å²) in [5, 5.41) is 0.0949. The van der Waals surface area contributed by atoms with E-state index in [1.165, 1.54) is 19.2 Å². The number of nitrogens with zero attached hydrogens (tertiary/aromatic N) is 2. The van der Waals surface area contributed by atoms with E-state index in [9.17, 15) is 4.79 Å². The van der Waals surface area contributed by atoms with Crippen molar-refractivity contribution >= 4 is 29.3 Å². The van der Waals surface area contributed by atoms with Crippen molar-refractivity contribution in [2.45, 2.75) is 6.92 Å². The van der Waals surface area contributed by atoms with Gasteiger partial charge in [-0.2, -0.15) is 0 Å². The Morgan fingerprint density at radius 2 is 2.38 bits per heavy atom. The maximum atomic E-state index is 10.6. The minimum Gasteiger partial charge on any atom is -0.383 e. The zero-order chi connectivity index (χ0) is 9.84. The van der Waals surface area contributed by atoms with Gasteiger partial charge in [0.15, 0.2) is 5.78 Å². The lowest BCUT2D eigenvalue weighted by molar-refractivity contribution is -0.112. The highest BCUT2D eigenvalue weighted by molar-refractivity contribution is 6.28. The average Bonchev–Trinajstić information content (AvgIpc) is 2.02. The molecule has 0 unspecified atom stereocenters. The normalized spacial score (nSPS) is 10.6. The van der Waals surface area contributed by atoms with Crippen LogP contribution in [-0.2, 0) is 4.79 Å². The third kappa shape index (κ3) is 2.83. The van der Waals surface area contributed by atoms with E-state index in [-0.39, 0.29) is 16.9 Å². The van der Waals surface area contributed by atoms with Crippen molar-refractivity contribution in [2.24, 2.45) is 0 Å². The first-order valence-corrected chi connectivity index (χ1v) is 3.94. The highest BCUT2D eigenvalue weighted by Gasteiger charge is 1.98. The number of nitrogen functional groups attached to an aromatic ring is 1. The SMILES string of the molecule is CC(=O)C=Cc1cnc(Cl)nc1N. The molecule has 0 aliphatic heterocycles. The van der Waals surface area contributed by atoms with Crippen LogP contribution >= 0.6 is 11.6 Å². The van der Waals surface area contributed by atoms with Gasteiger partial charge in [0.05, 0.1) is 0 Å². The van der Waals surface area contributed by atoms with Gasteiger partial charge >= 0.3 is 0 Å². The van der Waals surface area contributed by atoms with Crippen LogP contribution in [0.5, 0.6) is 0 Å². The lowest BCUT2D eigenvalue weighted by Crippen LogP contribution is -1.96. The van der Waals surface area contributed by atoms with Crippen LogP contribution in [0, 0.1) is 0 Å². The summed E-state index contributed by atoms with van der Waals surface area (Å²) >= 11 is 5.49. The smallest absolute Gasteiger partial charge is 0.224 e. The molecule has 1 aromatic rings. The van der Waals surface area contributed by atoms with E-state index in [1.807, 2.05) is 0 Å². The van der Waals surface area contributed by atoms with Gasteiger partial charge in [-0.1, -0.05) is 0 Å². The molecule has 68 valence electrons. The van der Waals surface area contributed by atoms with E-state index in [0.717, 1.165) is 0 Å². The number of carbonyl (C=O) groups excluding carboxylic acids is 1. The Labute approximate surface area is 80.4 Å². The minimum absolute atomic E-state index is 0.0608. The fraction of sp³-hybridized carbons (Fsp3) is 0.125. The molecule has 4 nitrogen and oxygen atoms in total. The van der Waals surface area contributed by atoms with Crippen molar-refractivity contribution in [2.75, 3.05) is 5.73 Å². The molecule has 0 spiro atoms. The third-order valence-corrected chi connectivity index (χ3v) is 1.50. The number of anilines is 1. The first kappa shape index (κ1) is 9.67. The van der Waals surface area contributed by atoms with Crippen LogP contribution in [0.1, 0.15) is 12.5 Å². The van der Waals surface area contributed by atoms with Crippen LogP contribution in [0.25, 0.3) is 6.08 Å². The van der Waals surface area contributed by atoms with Gasteiger partial charge in [-0.3, -0.25) is 4.79 Å². The second-order valence-corrected chi connectivity index (χ2v) is 2.76. The van der Waals surface area contributed by atoms with Crippen LogP contribution in [0.4, 0.5) is 5.82 Å². The van der Waals surface area contributed by atoms with Crippen molar-refractivity contribution in [3.63, 3.8) is 0 Å². The van der Waals surface area contributed by atoms with Gasteiger partial charge in [0.2, 0.25) is 5.28 Å². The van der Waals surface area contributed by atoms with E-state index >= 15 is 0 Å². The fourth-order valence-corrected chi connectivity index (χ4v) is 0.857. The second-order valence-electron chi connectivity index (χ2n) is 2.42. The average molecular weight is 198 g/mol. The van der Waals surface area contributed by atoms with Crippen molar-refractivity contribution in [3.8, 4) is 0 Å². The van der Waals surface area contributed by atoms with E-state index in [1.54, 1.807) is 6.08 Å². The summed E-state index contributed by atoms with van der Waals surface area (Å²) in [6, 6.07) is 0. The summed E-state index contributed by atoms with van der Waals surface area (Å²) in [6.45, 7) is 1.45. The molecule has 0 saturated carbocycles. The first-order chi connectivity index (χ1) is 6.09. The third-order valence-electron chi connectivity index (χ3n) is 1.32. The number of nitrogens with two attached hydrogens (primary N) is 1. The van der Waals surface area contributed by atoms with Crippen LogP contribution < -0.4 is 5.73 Å². The number of allylic oxidation sites excluding steroid dienone is 1. The van der Waals surface area contributed by atoms with Crippen molar-refractivity contribution in [3.05, 3.63) is 23.1 Å². The molecular formula is C8H8ClN3O. The molecule has 1 rings (SSSR count). The molecule has 5 heteroatoms. The van der Waals surface area contributed by atoms with Gasteiger partial charge in [0.25, 0.3) is 0 Å². The molecule has 0 amide bonds. The maximum absolute atomic E-state index is 10.6. The predicted molar refractivity (Wildman–Crippen MR) is 51.2 cm³/mol. The van der Waals surface area contributed by atoms with E-state index < -0.39 is 0 Å². The molecule has 0 fully saturated rings. The van der Waals surface area contributed by atoms with Gasteiger partial charge in [0, 0.05) is 11.8 Å². The van der Waals surface area contributed by atoms with Crippen LogP contribution in [-0.4, -0.2) is 15.8 Å². The number of rotatable bonds is 2. The van der Waals surface area contributed by atoms with Crippen molar-refractivity contribution in [1.29, 1.82) is 0 Å². The topological polar surface area (TPSA) is 68.9 Å². The molecule has 0 atom stereocenters. The lowest BCUT2D eigenvalue weighted by Gasteiger charge is -1.97. The maximum Gasteiger partial charge on any atom is 0.224 e. The molecule has 13 heavy (non-hydrogen) atoms. The summed E-state index contributed by atoms with van der Waals surface area (Å²) in [4.78, 5) is 18.1. The van der Waals surface area contributed by atoms with Crippen LogP contribution in [0.2, 0.25) is 5.28 Å². The van der Waals surface area contributed by atoms with Gasteiger partial charge in [-0.25, -0.2) is 9.97 Å². The fourth-order valence-electron chi connectivity index (χ4n) is 0.717. The Balaban J connectivity index is 2.96. The van der Waals surface area contributed by atoms with E-state index in [2.05, 4.69) is 9.97 Å². The zero-order valence-electron chi connectivity index (χ0n) is 6.99. The van der Waals surface area contributed by atoms with E-state index in [0.29, 0.717) is 5.56 Å². The predicted octanol–water partition coefficient (Wildman–Crippen LogP) is 1.31. The minimum atomic E-state index is -0.0608. The van der Waals surface area contributed by atoms with Crippen LogP contribution in [0.15, 0.2) is 12.3 Å². The van der Waals surface area contributed by atoms with Crippen molar-refractivity contribution in [1.82, 2.24) is 9.97 Å². The summed E-state index contributed by atoms with van der Waals surface area (Å²) in [5.74, 6) is 0.201. The largest absolute Gasteiger partial charge is 0.383 e. The molecule has 0 aliphatic rings. The molecule has 0 aromatic carbocycles. The molecule has 0 radical (unpaired) electrons.